The molecule has 0 spiro atoms. The van der Waals surface area contributed by atoms with Gasteiger partial charge in [0.05, 0.1) is 6.61 Å². The number of hydrogen-bond acceptors (Lipinski definition) is 3. The van der Waals surface area contributed by atoms with Gasteiger partial charge in [0.15, 0.2) is 0 Å². The van der Waals surface area contributed by atoms with Crippen molar-refractivity contribution in [3.63, 3.8) is 0 Å². The Bertz CT molecular complexity index is 631. The molecule has 0 saturated heterocycles. The maximum atomic E-state index is 12.0. The predicted octanol–water partition coefficient (Wildman–Crippen LogP) is 5.25. The second kappa shape index (κ2) is 9.48. The van der Waals surface area contributed by atoms with Crippen LogP contribution in [-0.4, -0.2) is 18.3 Å². The maximum Gasteiger partial charge on any atom is 0.224 e. The molecule has 0 fully saturated rings. The molecule has 0 aliphatic rings. The molecule has 2 aromatic rings. The van der Waals surface area contributed by atoms with Crippen molar-refractivity contribution >= 4 is 35.0 Å². The second-order valence-corrected chi connectivity index (χ2v) is 6.52. The first-order chi connectivity index (χ1) is 11.2. The monoisotopic (exact) mass is 349 g/mol. The number of benzene rings is 2. The summed E-state index contributed by atoms with van der Waals surface area (Å²) in [4.78, 5) is 13.1. The van der Waals surface area contributed by atoms with Crippen molar-refractivity contribution in [2.24, 2.45) is 0 Å². The molecule has 0 bridgehead atoms. The quantitative estimate of drug-likeness (QED) is 0.522. The number of thioether (sulfide) groups is 1. The summed E-state index contributed by atoms with van der Waals surface area (Å²) in [7, 11) is 0. The number of anilines is 1. The Morgan fingerprint density at radius 1 is 1.22 bits per heavy atom. The third-order valence-corrected chi connectivity index (χ3v) is 4.41. The van der Waals surface area contributed by atoms with E-state index in [1.165, 1.54) is 4.90 Å². The summed E-state index contributed by atoms with van der Waals surface area (Å²) in [6.07, 6.45) is 1.32. The Hall–Kier alpha value is -1.65. The van der Waals surface area contributed by atoms with Crippen LogP contribution in [0.25, 0.3) is 0 Å². The first-order valence-electron chi connectivity index (χ1n) is 7.58. The van der Waals surface area contributed by atoms with Gasteiger partial charge in [0.2, 0.25) is 5.91 Å². The van der Waals surface area contributed by atoms with Crippen LogP contribution in [0.4, 0.5) is 5.69 Å². The third-order valence-electron chi connectivity index (χ3n) is 3.06. The van der Waals surface area contributed by atoms with Crippen molar-refractivity contribution in [3.05, 3.63) is 53.6 Å². The minimum atomic E-state index is 0.0235. The average molecular weight is 350 g/mol. The highest BCUT2D eigenvalue weighted by molar-refractivity contribution is 7.99. The van der Waals surface area contributed by atoms with E-state index in [0.717, 1.165) is 28.6 Å². The minimum absolute atomic E-state index is 0.0235. The van der Waals surface area contributed by atoms with Crippen molar-refractivity contribution in [3.8, 4) is 5.75 Å². The zero-order valence-electron chi connectivity index (χ0n) is 13.0. The number of hydrogen-bond donors (Lipinski definition) is 1. The number of carbonyl (C=O) groups is 1. The van der Waals surface area contributed by atoms with Gasteiger partial charge in [-0.3, -0.25) is 4.79 Å². The van der Waals surface area contributed by atoms with Gasteiger partial charge in [-0.1, -0.05) is 17.7 Å². The van der Waals surface area contributed by atoms with Gasteiger partial charge in [-0.05, 0) is 55.5 Å². The zero-order chi connectivity index (χ0) is 16.5. The SMILES string of the molecule is CCOc1cccc(NC(=O)CCCSc2ccc(Cl)cc2)c1. The lowest BCUT2D eigenvalue weighted by Gasteiger charge is -2.08. The van der Waals surface area contributed by atoms with Crippen LogP contribution < -0.4 is 10.1 Å². The van der Waals surface area contributed by atoms with Gasteiger partial charge in [-0.2, -0.15) is 0 Å². The Labute approximate surface area is 146 Å². The van der Waals surface area contributed by atoms with E-state index in [4.69, 9.17) is 16.3 Å². The molecule has 5 heteroatoms. The zero-order valence-corrected chi connectivity index (χ0v) is 14.6. The summed E-state index contributed by atoms with van der Waals surface area (Å²) in [6, 6.07) is 15.2. The van der Waals surface area contributed by atoms with E-state index in [1.54, 1.807) is 11.8 Å². The van der Waals surface area contributed by atoms with Crippen LogP contribution in [0.2, 0.25) is 5.02 Å². The molecule has 122 valence electrons. The lowest BCUT2D eigenvalue weighted by molar-refractivity contribution is -0.116. The summed E-state index contributed by atoms with van der Waals surface area (Å²) >= 11 is 7.58. The van der Waals surface area contributed by atoms with Gasteiger partial charge < -0.3 is 10.1 Å². The highest BCUT2D eigenvalue weighted by Gasteiger charge is 2.04. The van der Waals surface area contributed by atoms with Crippen LogP contribution in [0.5, 0.6) is 5.75 Å². The van der Waals surface area contributed by atoms with Crippen molar-refractivity contribution < 1.29 is 9.53 Å². The van der Waals surface area contributed by atoms with Crippen LogP contribution in [0.3, 0.4) is 0 Å². The molecule has 3 nitrogen and oxygen atoms in total. The predicted molar refractivity (Wildman–Crippen MR) is 97.7 cm³/mol. The number of ether oxygens (including phenoxy) is 1. The molecule has 2 rings (SSSR count). The van der Waals surface area contributed by atoms with Gasteiger partial charge in [0.25, 0.3) is 0 Å². The third kappa shape index (κ3) is 6.55. The molecule has 0 radical (unpaired) electrons. The second-order valence-electron chi connectivity index (χ2n) is 4.91. The fourth-order valence-electron chi connectivity index (χ4n) is 2.01. The largest absolute Gasteiger partial charge is 0.494 e. The number of nitrogens with one attached hydrogen (secondary N) is 1. The molecule has 0 atom stereocenters. The van der Waals surface area contributed by atoms with Gasteiger partial charge >= 0.3 is 0 Å². The molecule has 23 heavy (non-hydrogen) atoms. The van der Waals surface area contributed by atoms with E-state index in [2.05, 4.69) is 5.32 Å². The number of carbonyl (C=O) groups excluding carboxylic acids is 1. The molecule has 0 aliphatic heterocycles. The summed E-state index contributed by atoms with van der Waals surface area (Å²) in [5.41, 5.74) is 0.770. The summed E-state index contributed by atoms with van der Waals surface area (Å²) in [5, 5.41) is 3.64. The molecule has 0 aliphatic carbocycles. The lowest BCUT2D eigenvalue weighted by atomic mass is 10.2. The Kier molecular flexibility index (Phi) is 7.30. The molecule has 0 unspecified atom stereocenters. The van der Waals surface area contributed by atoms with E-state index in [9.17, 15) is 4.79 Å². The van der Waals surface area contributed by atoms with Crippen LogP contribution in [0.1, 0.15) is 19.8 Å². The van der Waals surface area contributed by atoms with Gasteiger partial charge in [-0.25, -0.2) is 0 Å². The number of halogens is 1. The smallest absolute Gasteiger partial charge is 0.224 e. The van der Waals surface area contributed by atoms with Gasteiger partial charge in [-0.15, -0.1) is 11.8 Å². The van der Waals surface area contributed by atoms with Crippen LogP contribution in [-0.2, 0) is 4.79 Å². The van der Waals surface area contributed by atoms with Crippen molar-refractivity contribution in [2.75, 3.05) is 17.7 Å². The normalized spacial score (nSPS) is 10.3. The highest BCUT2D eigenvalue weighted by atomic mass is 35.5. The lowest BCUT2D eigenvalue weighted by Crippen LogP contribution is -2.11. The summed E-state index contributed by atoms with van der Waals surface area (Å²) in [6.45, 7) is 2.54. The van der Waals surface area contributed by atoms with E-state index in [1.807, 2.05) is 55.5 Å². The first kappa shape index (κ1) is 17.7. The highest BCUT2D eigenvalue weighted by Crippen LogP contribution is 2.22. The Morgan fingerprint density at radius 3 is 2.74 bits per heavy atom. The van der Waals surface area contributed by atoms with Crippen LogP contribution in [0.15, 0.2) is 53.4 Å². The fourth-order valence-corrected chi connectivity index (χ4v) is 2.99. The van der Waals surface area contributed by atoms with Crippen molar-refractivity contribution in [1.82, 2.24) is 0 Å². The van der Waals surface area contributed by atoms with Crippen molar-refractivity contribution in [2.45, 2.75) is 24.7 Å². The molecular formula is C18H20ClNO2S. The van der Waals surface area contributed by atoms with E-state index in [0.29, 0.717) is 13.0 Å². The molecule has 0 aromatic heterocycles. The molecule has 0 saturated carbocycles. The standard InChI is InChI=1S/C18H20ClNO2S/c1-2-22-16-6-3-5-15(13-16)20-18(21)7-4-12-23-17-10-8-14(19)9-11-17/h3,5-6,8-11,13H,2,4,7,12H2,1H3,(H,20,21). The summed E-state index contributed by atoms with van der Waals surface area (Å²) in [5.74, 6) is 1.69. The van der Waals surface area contributed by atoms with Crippen molar-refractivity contribution in [1.29, 1.82) is 0 Å². The minimum Gasteiger partial charge on any atom is -0.494 e. The van der Waals surface area contributed by atoms with Crippen LogP contribution in [0, 0.1) is 0 Å². The molecule has 2 aromatic carbocycles. The first-order valence-corrected chi connectivity index (χ1v) is 8.95. The Balaban J connectivity index is 1.70. The average Bonchev–Trinajstić information content (AvgIpc) is 2.54. The summed E-state index contributed by atoms with van der Waals surface area (Å²) < 4.78 is 5.42. The van der Waals surface area contributed by atoms with E-state index in [-0.39, 0.29) is 5.91 Å². The topological polar surface area (TPSA) is 38.3 Å². The number of rotatable bonds is 8. The van der Waals surface area contributed by atoms with E-state index < -0.39 is 0 Å². The molecule has 1 amide bonds. The fraction of sp³-hybridized carbons (Fsp3) is 0.278. The molecule has 1 N–H and O–H groups in total. The maximum absolute atomic E-state index is 12.0. The van der Waals surface area contributed by atoms with Crippen LogP contribution >= 0.6 is 23.4 Å². The van der Waals surface area contributed by atoms with E-state index >= 15 is 0 Å². The van der Waals surface area contributed by atoms with Gasteiger partial charge in [0, 0.05) is 28.1 Å². The number of amides is 1. The van der Waals surface area contributed by atoms with Gasteiger partial charge in [0.1, 0.15) is 5.75 Å². The molecular weight excluding hydrogens is 330 g/mol. The Morgan fingerprint density at radius 2 is 2.00 bits per heavy atom. The molecule has 0 heterocycles.